The van der Waals surface area contributed by atoms with Gasteiger partial charge in [0.1, 0.15) is 5.75 Å². The Balaban J connectivity index is 1.51. The predicted octanol–water partition coefficient (Wildman–Crippen LogP) is 4.09. The van der Waals surface area contributed by atoms with Crippen LogP contribution in [-0.4, -0.2) is 34.5 Å². The second-order valence-electron chi connectivity index (χ2n) is 6.13. The molecule has 2 heterocycles. The number of aromatic nitrogens is 2. The zero-order valence-corrected chi connectivity index (χ0v) is 15.7. The van der Waals surface area contributed by atoms with E-state index in [0.29, 0.717) is 24.2 Å². The quantitative estimate of drug-likeness (QED) is 0.509. The summed E-state index contributed by atoms with van der Waals surface area (Å²) in [7, 11) is 3.12. The van der Waals surface area contributed by atoms with E-state index in [0.717, 1.165) is 26.6 Å². The molecule has 27 heavy (non-hydrogen) atoms. The van der Waals surface area contributed by atoms with Gasteiger partial charge in [0.15, 0.2) is 22.2 Å². The van der Waals surface area contributed by atoms with Crippen LogP contribution in [-0.2, 0) is 6.42 Å². The fourth-order valence-corrected chi connectivity index (χ4v) is 4.08. The zero-order chi connectivity index (χ0) is 19.0. The Bertz CT molecular complexity index is 1150. The molecule has 0 amide bonds. The number of rotatable bonds is 6. The number of ketones is 1. The number of phenols is 1. The SMILES string of the molecule is COc1ccc2c(c1)sc1nc(CCC(=O)c3ccc(OC)c(O)c3)cn12. The first-order valence-corrected chi connectivity index (χ1v) is 9.25. The normalized spacial score (nSPS) is 11.2. The number of imidazole rings is 1. The molecule has 4 rings (SSSR count). The van der Waals surface area contributed by atoms with E-state index in [1.165, 1.54) is 13.2 Å². The molecular weight excluding hydrogens is 364 g/mol. The zero-order valence-electron chi connectivity index (χ0n) is 14.9. The van der Waals surface area contributed by atoms with Crippen molar-refractivity contribution in [2.45, 2.75) is 12.8 Å². The highest BCUT2D eigenvalue weighted by Gasteiger charge is 2.13. The molecule has 0 saturated carbocycles. The van der Waals surface area contributed by atoms with E-state index in [9.17, 15) is 9.90 Å². The lowest BCUT2D eigenvalue weighted by molar-refractivity contribution is 0.0982. The van der Waals surface area contributed by atoms with Crippen molar-refractivity contribution in [1.29, 1.82) is 0 Å². The molecule has 2 aromatic heterocycles. The van der Waals surface area contributed by atoms with Crippen molar-refractivity contribution in [3.63, 3.8) is 0 Å². The highest BCUT2D eigenvalue weighted by Crippen LogP contribution is 2.30. The van der Waals surface area contributed by atoms with Crippen LogP contribution in [0.5, 0.6) is 17.2 Å². The van der Waals surface area contributed by atoms with Crippen LogP contribution in [0.3, 0.4) is 0 Å². The number of carbonyl (C=O) groups excluding carboxylic acids is 1. The van der Waals surface area contributed by atoms with E-state index in [1.54, 1.807) is 30.6 Å². The molecule has 7 heteroatoms. The van der Waals surface area contributed by atoms with Gasteiger partial charge in [0.2, 0.25) is 0 Å². The second kappa shape index (κ2) is 6.92. The molecule has 4 aromatic rings. The van der Waals surface area contributed by atoms with E-state index >= 15 is 0 Å². The van der Waals surface area contributed by atoms with Crippen LogP contribution in [0, 0.1) is 0 Å². The van der Waals surface area contributed by atoms with E-state index in [-0.39, 0.29) is 11.5 Å². The topological polar surface area (TPSA) is 73.1 Å². The monoisotopic (exact) mass is 382 g/mol. The average Bonchev–Trinajstić information content (AvgIpc) is 3.22. The third-order valence-electron chi connectivity index (χ3n) is 4.46. The molecule has 0 unspecified atom stereocenters. The summed E-state index contributed by atoms with van der Waals surface area (Å²) in [6, 6.07) is 10.6. The number of aryl methyl sites for hydroxylation is 1. The van der Waals surface area contributed by atoms with Crippen molar-refractivity contribution < 1.29 is 19.4 Å². The second-order valence-corrected chi connectivity index (χ2v) is 7.14. The van der Waals surface area contributed by atoms with Gasteiger partial charge in [-0.15, -0.1) is 0 Å². The molecule has 0 bridgehead atoms. The molecule has 0 aliphatic heterocycles. The number of thiazole rings is 1. The number of hydrogen-bond donors (Lipinski definition) is 1. The van der Waals surface area contributed by atoms with Crippen LogP contribution < -0.4 is 9.47 Å². The molecule has 138 valence electrons. The number of Topliss-reactive ketones (excluding diaryl/α,β-unsaturated/α-hetero) is 1. The molecule has 0 aliphatic rings. The Morgan fingerprint density at radius 2 is 2.04 bits per heavy atom. The van der Waals surface area contributed by atoms with Gasteiger partial charge in [-0.3, -0.25) is 9.20 Å². The summed E-state index contributed by atoms with van der Waals surface area (Å²) in [4.78, 5) is 17.9. The Hall–Kier alpha value is -3.06. The Labute approximate surface area is 159 Å². The molecule has 1 N–H and O–H groups in total. The summed E-state index contributed by atoms with van der Waals surface area (Å²) in [5.41, 5.74) is 2.40. The number of nitrogens with zero attached hydrogens (tertiary/aromatic N) is 2. The number of hydrogen-bond acceptors (Lipinski definition) is 6. The Kier molecular flexibility index (Phi) is 4.45. The standard InChI is InChI=1S/C20H18N2O4S/c1-25-14-5-6-15-19(10-14)27-20-21-13(11-22(15)20)4-7-16(23)12-3-8-18(26-2)17(24)9-12/h3,5-6,8-11,24H,4,7H2,1-2H3. The number of aromatic hydroxyl groups is 1. The lowest BCUT2D eigenvalue weighted by Gasteiger charge is -2.05. The van der Waals surface area contributed by atoms with Crippen LogP contribution in [0.1, 0.15) is 22.5 Å². The van der Waals surface area contributed by atoms with Gasteiger partial charge < -0.3 is 14.6 Å². The summed E-state index contributed by atoms with van der Waals surface area (Å²) >= 11 is 1.59. The number of benzene rings is 2. The number of phenolic OH excluding ortho intramolecular Hbond substituents is 1. The summed E-state index contributed by atoms with van der Waals surface area (Å²) < 4.78 is 13.4. The highest BCUT2D eigenvalue weighted by molar-refractivity contribution is 7.23. The van der Waals surface area contributed by atoms with Crippen LogP contribution in [0.4, 0.5) is 0 Å². The predicted molar refractivity (Wildman–Crippen MR) is 104 cm³/mol. The Morgan fingerprint density at radius 3 is 2.78 bits per heavy atom. The molecule has 0 spiro atoms. The van der Waals surface area contributed by atoms with Gasteiger partial charge in [0, 0.05) is 18.2 Å². The van der Waals surface area contributed by atoms with Gasteiger partial charge >= 0.3 is 0 Å². The third-order valence-corrected chi connectivity index (χ3v) is 5.48. The van der Waals surface area contributed by atoms with Gasteiger partial charge in [-0.1, -0.05) is 11.3 Å². The number of ether oxygens (including phenoxy) is 2. The maximum Gasteiger partial charge on any atom is 0.194 e. The lowest BCUT2D eigenvalue weighted by atomic mass is 10.1. The smallest absolute Gasteiger partial charge is 0.194 e. The maximum absolute atomic E-state index is 12.4. The minimum Gasteiger partial charge on any atom is -0.504 e. The molecule has 0 radical (unpaired) electrons. The maximum atomic E-state index is 12.4. The summed E-state index contributed by atoms with van der Waals surface area (Å²) in [6.07, 6.45) is 2.83. The number of carbonyl (C=O) groups is 1. The first-order valence-electron chi connectivity index (χ1n) is 8.44. The van der Waals surface area contributed by atoms with E-state index in [4.69, 9.17) is 9.47 Å². The van der Waals surface area contributed by atoms with Gasteiger partial charge in [0.05, 0.1) is 30.1 Å². The summed E-state index contributed by atoms with van der Waals surface area (Å²) in [5.74, 6) is 1.09. The summed E-state index contributed by atoms with van der Waals surface area (Å²) in [5, 5.41) is 9.83. The minimum atomic E-state index is -0.0427. The van der Waals surface area contributed by atoms with Crippen LogP contribution in [0.2, 0.25) is 0 Å². The largest absolute Gasteiger partial charge is 0.504 e. The fourth-order valence-electron chi connectivity index (χ4n) is 3.02. The molecule has 0 aliphatic carbocycles. The first kappa shape index (κ1) is 17.4. The molecule has 0 saturated heterocycles. The van der Waals surface area contributed by atoms with Gasteiger partial charge in [-0.05, 0) is 42.8 Å². The average molecular weight is 382 g/mol. The van der Waals surface area contributed by atoms with Crippen molar-refractivity contribution in [3.05, 3.63) is 53.9 Å². The van der Waals surface area contributed by atoms with Gasteiger partial charge in [-0.25, -0.2) is 4.98 Å². The van der Waals surface area contributed by atoms with E-state index in [2.05, 4.69) is 4.98 Å². The van der Waals surface area contributed by atoms with Gasteiger partial charge in [-0.2, -0.15) is 0 Å². The van der Waals surface area contributed by atoms with Gasteiger partial charge in [0.25, 0.3) is 0 Å². The van der Waals surface area contributed by atoms with Crippen molar-refractivity contribution in [2.75, 3.05) is 14.2 Å². The van der Waals surface area contributed by atoms with Crippen molar-refractivity contribution in [3.8, 4) is 17.2 Å². The molecule has 0 atom stereocenters. The van der Waals surface area contributed by atoms with Crippen molar-refractivity contribution in [2.24, 2.45) is 0 Å². The van der Waals surface area contributed by atoms with Crippen molar-refractivity contribution in [1.82, 2.24) is 9.38 Å². The minimum absolute atomic E-state index is 0.0345. The first-order chi connectivity index (χ1) is 13.1. The molecular formula is C20H18N2O4S. The lowest BCUT2D eigenvalue weighted by Crippen LogP contribution is -2.01. The highest BCUT2D eigenvalue weighted by atomic mass is 32.1. The van der Waals surface area contributed by atoms with E-state index in [1.807, 2.05) is 28.8 Å². The summed E-state index contributed by atoms with van der Waals surface area (Å²) in [6.45, 7) is 0. The van der Waals surface area contributed by atoms with Crippen LogP contribution in [0.15, 0.2) is 42.6 Å². The van der Waals surface area contributed by atoms with Crippen LogP contribution in [0.25, 0.3) is 15.2 Å². The molecule has 2 aromatic carbocycles. The fraction of sp³-hybridized carbons (Fsp3) is 0.200. The number of methoxy groups -OCH3 is 2. The molecule has 6 nitrogen and oxygen atoms in total. The van der Waals surface area contributed by atoms with E-state index < -0.39 is 0 Å². The van der Waals surface area contributed by atoms with Crippen LogP contribution >= 0.6 is 11.3 Å². The third kappa shape index (κ3) is 3.21. The number of fused-ring (bicyclic) bond motifs is 3. The molecule has 0 fully saturated rings. The Morgan fingerprint density at radius 1 is 1.19 bits per heavy atom. The van der Waals surface area contributed by atoms with Crippen molar-refractivity contribution >= 4 is 32.3 Å².